The molecule has 0 fully saturated rings. The Hall–Kier alpha value is -2.45. The second-order valence-electron chi connectivity index (χ2n) is 6.06. The molecule has 0 aromatic heterocycles. The van der Waals surface area contributed by atoms with E-state index in [1.165, 1.54) is 23.9 Å². The van der Waals surface area contributed by atoms with Crippen LogP contribution in [0.25, 0.3) is 0 Å². The van der Waals surface area contributed by atoms with E-state index in [0.717, 1.165) is 0 Å². The van der Waals surface area contributed by atoms with E-state index in [2.05, 4.69) is 5.32 Å². The van der Waals surface area contributed by atoms with Crippen molar-refractivity contribution in [1.29, 1.82) is 0 Å². The number of nitrogens with zero attached hydrogens (tertiary/aromatic N) is 1. The molecule has 30 heavy (non-hydrogen) atoms. The summed E-state index contributed by atoms with van der Waals surface area (Å²) < 4.78 is 0. The molecule has 0 amide bonds. The number of hydrogen-bond donors (Lipinski definition) is 2. The monoisotopic (exact) mass is 482 g/mol. The van der Waals surface area contributed by atoms with Crippen LogP contribution in [0.1, 0.15) is 15.9 Å². The normalized spacial score (nSPS) is 10.6. The first-order chi connectivity index (χ1) is 14.3. The second-order valence-corrected chi connectivity index (χ2v) is 8.40. The molecule has 2 N–H and O–H groups in total. The van der Waals surface area contributed by atoms with Gasteiger partial charge in [-0.2, -0.15) is 0 Å². The number of hydrogen-bond acceptors (Lipinski definition) is 5. The van der Waals surface area contributed by atoms with Crippen molar-refractivity contribution in [3.63, 3.8) is 0 Å². The number of anilines is 1. The third kappa shape index (κ3) is 5.17. The van der Waals surface area contributed by atoms with E-state index in [0.29, 0.717) is 31.1 Å². The molecular formula is C20H13Cl3N2O4S. The Morgan fingerprint density at radius 3 is 2.47 bits per heavy atom. The maximum Gasteiger partial charge on any atom is 0.339 e. The number of benzene rings is 3. The van der Waals surface area contributed by atoms with Crippen molar-refractivity contribution >= 4 is 63.9 Å². The van der Waals surface area contributed by atoms with Crippen LogP contribution in [-0.4, -0.2) is 16.0 Å². The Morgan fingerprint density at radius 2 is 1.80 bits per heavy atom. The van der Waals surface area contributed by atoms with Crippen LogP contribution in [0, 0.1) is 10.1 Å². The zero-order valence-electron chi connectivity index (χ0n) is 15.1. The van der Waals surface area contributed by atoms with Gasteiger partial charge < -0.3 is 10.4 Å². The Bertz CT molecular complexity index is 1140. The minimum Gasteiger partial charge on any atom is -0.478 e. The number of carbonyl (C=O) groups is 1. The van der Waals surface area contributed by atoms with E-state index in [1.807, 2.05) is 0 Å². The van der Waals surface area contributed by atoms with Gasteiger partial charge in [0, 0.05) is 17.5 Å². The highest BCUT2D eigenvalue weighted by Gasteiger charge is 2.18. The molecule has 0 saturated heterocycles. The van der Waals surface area contributed by atoms with Gasteiger partial charge in [-0.05, 0) is 42.0 Å². The minimum atomic E-state index is -1.16. The van der Waals surface area contributed by atoms with Gasteiger partial charge in [0.1, 0.15) is 5.56 Å². The molecule has 0 aliphatic rings. The number of halogens is 3. The van der Waals surface area contributed by atoms with Crippen LogP contribution in [0.5, 0.6) is 0 Å². The van der Waals surface area contributed by atoms with Gasteiger partial charge in [-0.15, -0.1) is 0 Å². The van der Waals surface area contributed by atoms with Gasteiger partial charge in [0.05, 0.1) is 30.6 Å². The number of aromatic carboxylic acids is 1. The molecule has 6 nitrogen and oxygen atoms in total. The lowest BCUT2D eigenvalue weighted by atomic mass is 10.1. The zero-order chi connectivity index (χ0) is 21.8. The predicted molar refractivity (Wildman–Crippen MR) is 119 cm³/mol. The molecule has 0 heterocycles. The molecule has 0 spiro atoms. The number of carboxylic acids is 1. The third-order valence-corrected chi connectivity index (χ3v) is 6.16. The van der Waals surface area contributed by atoms with Gasteiger partial charge in [0.2, 0.25) is 0 Å². The SMILES string of the molecule is O=C(O)c1c(Cl)cccc1NCc1ccc(Sc2ccc(Cl)c(Cl)c2)c([N+](=O)[O-])c1. The lowest BCUT2D eigenvalue weighted by Crippen LogP contribution is -2.07. The van der Waals surface area contributed by atoms with E-state index in [4.69, 9.17) is 34.8 Å². The Labute approximate surface area is 190 Å². The van der Waals surface area contributed by atoms with Crippen molar-refractivity contribution in [3.8, 4) is 0 Å². The minimum absolute atomic E-state index is 0.0551. The fraction of sp³-hybridized carbons (Fsp3) is 0.0500. The van der Waals surface area contributed by atoms with E-state index in [1.54, 1.807) is 42.5 Å². The standard InChI is InChI=1S/C20H13Cl3N2O4S/c21-13-6-5-12(9-15(13)23)30-18-7-4-11(8-17(18)25(28)29)10-24-16-3-1-2-14(22)19(16)20(26)27/h1-9,24H,10H2,(H,26,27). The van der Waals surface area contributed by atoms with Gasteiger partial charge in [0.25, 0.3) is 5.69 Å². The zero-order valence-corrected chi connectivity index (χ0v) is 18.1. The average Bonchev–Trinajstić information content (AvgIpc) is 2.69. The van der Waals surface area contributed by atoms with Crippen LogP contribution >= 0.6 is 46.6 Å². The molecule has 0 bridgehead atoms. The fourth-order valence-corrected chi connectivity index (χ4v) is 4.21. The molecule has 3 aromatic carbocycles. The highest BCUT2D eigenvalue weighted by atomic mass is 35.5. The van der Waals surface area contributed by atoms with Crippen molar-refractivity contribution in [2.24, 2.45) is 0 Å². The summed E-state index contributed by atoms with van der Waals surface area (Å²) >= 11 is 19.1. The maximum absolute atomic E-state index is 11.6. The van der Waals surface area contributed by atoms with Crippen molar-refractivity contribution < 1.29 is 14.8 Å². The van der Waals surface area contributed by atoms with E-state index in [9.17, 15) is 20.0 Å². The number of nitro groups is 1. The highest BCUT2D eigenvalue weighted by Crippen LogP contribution is 2.37. The molecule has 0 unspecified atom stereocenters. The van der Waals surface area contributed by atoms with Crippen molar-refractivity contribution in [1.82, 2.24) is 0 Å². The van der Waals surface area contributed by atoms with Crippen molar-refractivity contribution in [2.75, 3.05) is 5.32 Å². The Balaban J connectivity index is 1.84. The summed E-state index contributed by atoms with van der Waals surface area (Å²) in [6.07, 6.45) is 0. The molecule has 0 radical (unpaired) electrons. The molecule has 0 aliphatic carbocycles. The summed E-state index contributed by atoms with van der Waals surface area (Å²) in [7, 11) is 0. The first-order valence-electron chi connectivity index (χ1n) is 8.42. The average molecular weight is 484 g/mol. The Morgan fingerprint density at radius 1 is 1.03 bits per heavy atom. The molecule has 154 valence electrons. The topological polar surface area (TPSA) is 92.5 Å². The summed E-state index contributed by atoms with van der Waals surface area (Å²) in [5.74, 6) is -1.16. The molecule has 0 saturated carbocycles. The van der Waals surface area contributed by atoms with Gasteiger partial charge in [-0.3, -0.25) is 10.1 Å². The number of carboxylic acid groups (broad SMARTS) is 1. The van der Waals surface area contributed by atoms with Crippen molar-refractivity contribution in [3.05, 3.63) is 90.9 Å². The van der Waals surface area contributed by atoms with Crippen LogP contribution < -0.4 is 5.32 Å². The Kier molecular flexibility index (Phi) is 7.10. The van der Waals surface area contributed by atoms with E-state index < -0.39 is 10.9 Å². The molecule has 3 rings (SSSR count). The van der Waals surface area contributed by atoms with Crippen LogP contribution in [0.15, 0.2) is 64.4 Å². The van der Waals surface area contributed by atoms with Gasteiger partial charge in [-0.1, -0.05) is 58.7 Å². The summed E-state index contributed by atoms with van der Waals surface area (Å²) in [5.41, 5.74) is 0.804. The van der Waals surface area contributed by atoms with Gasteiger partial charge in [0.15, 0.2) is 0 Å². The van der Waals surface area contributed by atoms with E-state index in [-0.39, 0.29) is 22.8 Å². The summed E-state index contributed by atoms with van der Waals surface area (Å²) in [5, 5.41) is 24.8. The smallest absolute Gasteiger partial charge is 0.339 e. The summed E-state index contributed by atoms with van der Waals surface area (Å²) in [4.78, 5) is 23.7. The van der Waals surface area contributed by atoms with Crippen LogP contribution in [-0.2, 0) is 6.54 Å². The first-order valence-corrected chi connectivity index (χ1v) is 10.4. The third-order valence-electron chi connectivity index (χ3n) is 4.05. The largest absolute Gasteiger partial charge is 0.478 e. The summed E-state index contributed by atoms with van der Waals surface area (Å²) in [6, 6.07) is 14.5. The molecule has 3 aromatic rings. The lowest BCUT2D eigenvalue weighted by Gasteiger charge is -2.11. The molecule has 0 aliphatic heterocycles. The first kappa shape index (κ1) is 22.2. The molecule has 0 atom stereocenters. The summed E-state index contributed by atoms with van der Waals surface area (Å²) in [6.45, 7) is 0.180. The quantitative estimate of drug-likeness (QED) is 0.277. The van der Waals surface area contributed by atoms with Gasteiger partial charge in [-0.25, -0.2) is 4.79 Å². The fourth-order valence-electron chi connectivity index (χ4n) is 2.66. The van der Waals surface area contributed by atoms with Crippen LogP contribution in [0.3, 0.4) is 0 Å². The number of nitrogens with one attached hydrogen (secondary N) is 1. The van der Waals surface area contributed by atoms with Crippen molar-refractivity contribution in [2.45, 2.75) is 16.3 Å². The number of nitro benzene ring substituents is 1. The second kappa shape index (κ2) is 9.57. The highest BCUT2D eigenvalue weighted by molar-refractivity contribution is 7.99. The van der Waals surface area contributed by atoms with Crippen LogP contribution in [0.4, 0.5) is 11.4 Å². The molecular weight excluding hydrogens is 471 g/mol. The number of rotatable bonds is 7. The van der Waals surface area contributed by atoms with Gasteiger partial charge >= 0.3 is 5.97 Å². The predicted octanol–water partition coefficient (Wildman–Crippen LogP) is 7.02. The maximum atomic E-state index is 11.6. The van der Waals surface area contributed by atoms with Crippen LogP contribution in [0.2, 0.25) is 15.1 Å². The van der Waals surface area contributed by atoms with E-state index >= 15 is 0 Å². The molecule has 10 heteroatoms. The lowest BCUT2D eigenvalue weighted by molar-refractivity contribution is -0.387.